The second-order valence-electron chi connectivity index (χ2n) is 6.23. The molecule has 1 aromatic carbocycles. The number of fused-ring (bicyclic) bond motifs is 3. The lowest BCUT2D eigenvalue weighted by molar-refractivity contribution is 0.174. The van der Waals surface area contributed by atoms with Gasteiger partial charge in [-0.2, -0.15) is 10.1 Å². The van der Waals surface area contributed by atoms with Gasteiger partial charge >= 0.3 is 0 Å². The normalized spacial score (nSPS) is 13.3. The molecular formula is C18H20N4O3. The van der Waals surface area contributed by atoms with Gasteiger partial charge in [-0.3, -0.25) is 5.10 Å². The number of benzene rings is 1. The highest BCUT2D eigenvalue weighted by Crippen LogP contribution is 2.41. The first-order chi connectivity index (χ1) is 12.1. The molecule has 2 N–H and O–H groups in total. The van der Waals surface area contributed by atoms with Crippen LogP contribution in [0.5, 0.6) is 17.4 Å². The molecule has 2 aromatic heterocycles. The van der Waals surface area contributed by atoms with Crippen LogP contribution in [0, 0.1) is 6.92 Å². The highest BCUT2D eigenvalue weighted by molar-refractivity contribution is 5.96. The molecule has 1 aliphatic rings. The van der Waals surface area contributed by atoms with Crippen LogP contribution in [0.2, 0.25) is 0 Å². The fourth-order valence-electron chi connectivity index (χ4n) is 2.80. The van der Waals surface area contributed by atoms with Crippen LogP contribution >= 0.6 is 0 Å². The fourth-order valence-corrected chi connectivity index (χ4v) is 2.80. The lowest BCUT2D eigenvalue weighted by atomic mass is 10.1. The summed E-state index contributed by atoms with van der Waals surface area (Å²) in [5.41, 5.74) is 0.969. The third-order valence-electron chi connectivity index (χ3n) is 3.79. The minimum atomic E-state index is 0.00628. The topological polar surface area (TPSA) is 81.3 Å². The van der Waals surface area contributed by atoms with Crippen LogP contribution in [-0.2, 0) is 0 Å². The Hall–Kier alpha value is -2.96. The monoisotopic (exact) mass is 340 g/mol. The zero-order valence-electron chi connectivity index (χ0n) is 14.4. The van der Waals surface area contributed by atoms with Gasteiger partial charge in [0.2, 0.25) is 5.88 Å². The molecule has 1 aliphatic heterocycles. The number of hydrogen-bond acceptors (Lipinski definition) is 6. The number of anilines is 2. The number of hydrogen-bond donors (Lipinski definition) is 2. The number of nitrogens with zero attached hydrogens (tertiary/aromatic N) is 2. The Bertz CT molecular complexity index is 920. The van der Waals surface area contributed by atoms with Crippen molar-refractivity contribution in [3.8, 4) is 17.4 Å². The Morgan fingerprint density at radius 1 is 1.12 bits per heavy atom. The van der Waals surface area contributed by atoms with E-state index in [0.717, 1.165) is 28.0 Å². The molecule has 0 bridgehead atoms. The summed E-state index contributed by atoms with van der Waals surface area (Å²) in [6, 6.07) is 7.70. The minimum Gasteiger partial charge on any atom is -0.486 e. The number of nitrogens with one attached hydrogen (secondary N) is 2. The summed E-state index contributed by atoms with van der Waals surface area (Å²) in [6.07, 6.45) is 0.00628. The Morgan fingerprint density at radius 3 is 2.72 bits per heavy atom. The average Bonchev–Trinajstić information content (AvgIpc) is 2.99. The molecule has 25 heavy (non-hydrogen) atoms. The van der Waals surface area contributed by atoms with Crippen molar-refractivity contribution in [1.82, 2.24) is 15.2 Å². The van der Waals surface area contributed by atoms with Gasteiger partial charge in [0.1, 0.15) is 19.0 Å². The molecule has 7 heteroatoms. The highest BCUT2D eigenvalue weighted by Gasteiger charge is 2.19. The molecule has 3 aromatic rings. The molecule has 7 nitrogen and oxygen atoms in total. The largest absolute Gasteiger partial charge is 0.486 e. The molecule has 3 heterocycles. The Labute approximate surface area is 145 Å². The maximum Gasteiger partial charge on any atom is 0.223 e. The number of aromatic amines is 1. The molecule has 0 amide bonds. The van der Waals surface area contributed by atoms with Gasteiger partial charge in [0.05, 0.1) is 6.10 Å². The van der Waals surface area contributed by atoms with Gasteiger partial charge in [0.25, 0.3) is 0 Å². The van der Waals surface area contributed by atoms with Gasteiger partial charge in [0, 0.05) is 22.5 Å². The maximum atomic E-state index is 5.93. The van der Waals surface area contributed by atoms with E-state index in [-0.39, 0.29) is 6.10 Å². The number of rotatable bonds is 4. The molecule has 130 valence electrons. The summed E-state index contributed by atoms with van der Waals surface area (Å²) < 4.78 is 17.5. The van der Waals surface area contributed by atoms with Gasteiger partial charge in [-0.25, -0.2) is 0 Å². The molecular weight excluding hydrogens is 320 g/mol. The first kappa shape index (κ1) is 15.6. The zero-order chi connectivity index (χ0) is 17.4. The number of H-pyrrole nitrogens is 1. The average molecular weight is 340 g/mol. The number of aryl methyl sites for hydroxylation is 1. The van der Waals surface area contributed by atoms with Crippen molar-refractivity contribution in [3.05, 3.63) is 30.0 Å². The second-order valence-corrected chi connectivity index (χ2v) is 6.23. The van der Waals surface area contributed by atoms with E-state index in [1.54, 1.807) is 0 Å². The predicted octanol–water partition coefficient (Wildman–Crippen LogP) is 3.57. The van der Waals surface area contributed by atoms with Crippen molar-refractivity contribution in [2.45, 2.75) is 26.9 Å². The van der Waals surface area contributed by atoms with Gasteiger partial charge in [0.15, 0.2) is 17.3 Å². The Morgan fingerprint density at radius 2 is 1.96 bits per heavy atom. The van der Waals surface area contributed by atoms with Gasteiger partial charge < -0.3 is 19.5 Å². The summed E-state index contributed by atoms with van der Waals surface area (Å²) in [4.78, 5) is 4.61. The quantitative estimate of drug-likeness (QED) is 0.756. The smallest absolute Gasteiger partial charge is 0.223 e. The van der Waals surface area contributed by atoms with E-state index in [9.17, 15) is 0 Å². The van der Waals surface area contributed by atoms with Gasteiger partial charge in [-0.15, -0.1) is 0 Å². The molecule has 4 rings (SSSR count). The minimum absolute atomic E-state index is 0.00628. The highest BCUT2D eigenvalue weighted by atomic mass is 16.6. The van der Waals surface area contributed by atoms with Gasteiger partial charge in [-0.1, -0.05) is 0 Å². The first-order valence-corrected chi connectivity index (χ1v) is 8.29. The van der Waals surface area contributed by atoms with Crippen molar-refractivity contribution >= 4 is 22.4 Å². The summed E-state index contributed by atoms with van der Waals surface area (Å²) in [5.74, 6) is 3.35. The number of aromatic nitrogens is 3. The van der Waals surface area contributed by atoms with Gasteiger partial charge in [-0.05, 0) is 39.0 Å². The Balaban J connectivity index is 1.85. The lowest BCUT2D eigenvalue weighted by Crippen LogP contribution is -2.16. The fraction of sp³-hybridized carbons (Fsp3) is 0.333. The van der Waals surface area contributed by atoms with Crippen molar-refractivity contribution < 1.29 is 14.2 Å². The van der Waals surface area contributed by atoms with Crippen LogP contribution in [0.3, 0.4) is 0 Å². The third-order valence-corrected chi connectivity index (χ3v) is 3.79. The molecule has 0 fully saturated rings. The zero-order valence-corrected chi connectivity index (χ0v) is 14.4. The van der Waals surface area contributed by atoms with Crippen LogP contribution in [0.25, 0.3) is 10.8 Å². The number of ether oxygens (including phenoxy) is 3. The van der Waals surface area contributed by atoms with E-state index in [1.807, 2.05) is 45.0 Å². The lowest BCUT2D eigenvalue weighted by Gasteiger charge is -2.21. The van der Waals surface area contributed by atoms with Crippen molar-refractivity contribution in [2.75, 3.05) is 18.5 Å². The molecule has 0 atom stereocenters. The SMILES string of the molecule is Cc1cc(Nc2cc3c4c(ccc3c(OC(C)C)n2)OCCO4)n[nH]1. The second kappa shape index (κ2) is 6.16. The predicted molar refractivity (Wildman–Crippen MR) is 95.1 cm³/mol. The van der Waals surface area contributed by atoms with E-state index < -0.39 is 0 Å². The Kier molecular flexibility index (Phi) is 3.83. The van der Waals surface area contributed by atoms with E-state index in [2.05, 4.69) is 20.5 Å². The standard InChI is InChI=1S/C18H20N4O3/c1-10(2)25-18-12-4-5-14-17(24-7-6-23-14)13(12)9-15(20-18)19-16-8-11(3)21-22-16/h4-5,8-10H,6-7H2,1-3H3,(H2,19,20,21,22). The van der Waals surface area contributed by atoms with Crippen LogP contribution in [-0.4, -0.2) is 34.5 Å². The van der Waals surface area contributed by atoms with Crippen LogP contribution in [0.1, 0.15) is 19.5 Å². The van der Waals surface area contributed by atoms with Crippen LogP contribution in [0.15, 0.2) is 24.3 Å². The number of pyridine rings is 1. The molecule has 0 aliphatic carbocycles. The van der Waals surface area contributed by atoms with E-state index in [1.165, 1.54) is 0 Å². The van der Waals surface area contributed by atoms with Crippen molar-refractivity contribution in [2.24, 2.45) is 0 Å². The molecule has 0 spiro atoms. The summed E-state index contributed by atoms with van der Waals surface area (Å²) in [6.45, 7) is 6.97. The molecule has 0 saturated heterocycles. The molecule has 0 radical (unpaired) electrons. The maximum absolute atomic E-state index is 5.93. The summed E-state index contributed by atoms with van der Waals surface area (Å²) in [5, 5.41) is 12.1. The summed E-state index contributed by atoms with van der Waals surface area (Å²) >= 11 is 0. The van der Waals surface area contributed by atoms with E-state index in [0.29, 0.717) is 30.7 Å². The first-order valence-electron chi connectivity index (χ1n) is 8.29. The van der Waals surface area contributed by atoms with Crippen LogP contribution < -0.4 is 19.5 Å². The molecule has 0 saturated carbocycles. The van der Waals surface area contributed by atoms with E-state index in [4.69, 9.17) is 14.2 Å². The van der Waals surface area contributed by atoms with Crippen molar-refractivity contribution in [1.29, 1.82) is 0 Å². The van der Waals surface area contributed by atoms with E-state index >= 15 is 0 Å². The van der Waals surface area contributed by atoms with Crippen molar-refractivity contribution in [3.63, 3.8) is 0 Å². The summed E-state index contributed by atoms with van der Waals surface area (Å²) in [7, 11) is 0. The molecule has 0 unspecified atom stereocenters. The third kappa shape index (κ3) is 3.05. The van der Waals surface area contributed by atoms with Crippen LogP contribution in [0.4, 0.5) is 11.6 Å².